The number of hydrogen-bond acceptors (Lipinski definition) is 4. The van der Waals surface area contributed by atoms with Gasteiger partial charge in [-0.2, -0.15) is 0 Å². The van der Waals surface area contributed by atoms with Crippen LogP contribution in [0.1, 0.15) is 18.5 Å². The molecule has 2 heterocycles. The predicted octanol–water partition coefficient (Wildman–Crippen LogP) is 0.619. The molecule has 1 N–H and O–H groups in total. The van der Waals surface area contributed by atoms with Crippen molar-refractivity contribution in [3.8, 4) is 0 Å². The van der Waals surface area contributed by atoms with E-state index in [9.17, 15) is 0 Å². The minimum atomic E-state index is 1.04. The average molecular weight is 192 g/mol. The summed E-state index contributed by atoms with van der Waals surface area (Å²) >= 11 is 0. The predicted molar refractivity (Wildman–Crippen MR) is 54.5 cm³/mol. The van der Waals surface area contributed by atoms with E-state index in [2.05, 4.69) is 20.4 Å². The molecule has 0 aliphatic carbocycles. The van der Waals surface area contributed by atoms with Crippen LogP contribution in [0, 0.1) is 0 Å². The van der Waals surface area contributed by atoms with Gasteiger partial charge in [-0.25, -0.2) is 15.0 Å². The van der Waals surface area contributed by atoms with Crippen molar-refractivity contribution in [2.45, 2.75) is 19.3 Å². The van der Waals surface area contributed by atoms with Crippen molar-refractivity contribution in [2.75, 3.05) is 19.6 Å². The summed E-state index contributed by atoms with van der Waals surface area (Å²) in [5.74, 6) is 0. The first-order valence-corrected chi connectivity index (χ1v) is 5.18. The first kappa shape index (κ1) is 9.55. The molecule has 4 nitrogen and oxygen atoms in total. The molecule has 1 aromatic heterocycles. The van der Waals surface area contributed by atoms with Crippen LogP contribution in [-0.4, -0.2) is 34.6 Å². The molecule has 2 rings (SSSR count). The second-order valence-corrected chi connectivity index (χ2v) is 3.55. The monoisotopic (exact) mass is 192 g/mol. The van der Waals surface area contributed by atoms with Crippen molar-refractivity contribution < 1.29 is 0 Å². The number of nitrogens with zero attached hydrogens (tertiary/aromatic N) is 3. The molecular weight excluding hydrogens is 176 g/mol. The molecule has 1 aliphatic heterocycles. The van der Waals surface area contributed by atoms with Gasteiger partial charge in [-0.05, 0) is 25.3 Å². The Morgan fingerprint density at radius 2 is 2.50 bits per heavy atom. The van der Waals surface area contributed by atoms with Crippen molar-refractivity contribution in [3.63, 3.8) is 0 Å². The molecule has 1 saturated heterocycles. The Balaban J connectivity index is 1.67. The topological polar surface area (TPSA) is 41.0 Å². The highest BCUT2D eigenvalue weighted by molar-refractivity contribution is 4.97. The summed E-state index contributed by atoms with van der Waals surface area (Å²) in [7, 11) is 0. The van der Waals surface area contributed by atoms with E-state index in [-0.39, 0.29) is 0 Å². The highest BCUT2D eigenvalue weighted by Crippen LogP contribution is 2.01. The van der Waals surface area contributed by atoms with Crippen molar-refractivity contribution in [1.82, 2.24) is 20.4 Å². The van der Waals surface area contributed by atoms with Crippen molar-refractivity contribution in [3.05, 3.63) is 24.3 Å². The van der Waals surface area contributed by atoms with Gasteiger partial charge in [0.1, 0.15) is 6.33 Å². The lowest BCUT2D eigenvalue weighted by molar-refractivity contribution is 0.250. The van der Waals surface area contributed by atoms with Gasteiger partial charge in [-0.15, -0.1) is 0 Å². The van der Waals surface area contributed by atoms with E-state index < -0.39 is 0 Å². The van der Waals surface area contributed by atoms with E-state index in [0.717, 1.165) is 31.6 Å². The summed E-state index contributed by atoms with van der Waals surface area (Å²) < 4.78 is 0. The fraction of sp³-hybridized carbons (Fsp3) is 0.600. The molecular formula is C10H16N4. The summed E-state index contributed by atoms with van der Waals surface area (Å²) in [5.41, 5.74) is 4.48. The summed E-state index contributed by atoms with van der Waals surface area (Å²) in [6.07, 6.45) is 6.89. The fourth-order valence-electron chi connectivity index (χ4n) is 1.69. The molecule has 0 aromatic carbocycles. The number of hydrazine groups is 1. The molecule has 0 bridgehead atoms. The smallest absolute Gasteiger partial charge is 0.115 e. The van der Waals surface area contributed by atoms with Gasteiger partial charge in [0.15, 0.2) is 0 Å². The highest BCUT2D eigenvalue weighted by Gasteiger charge is 2.09. The van der Waals surface area contributed by atoms with Crippen LogP contribution in [0.3, 0.4) is 0 Å². The van der Waals surface area contributed by atoms with Crippen LogP contribution in [0.15, 0.2) is 18.6 Å². The van der Waals surface area contributed by atoms with Crippen LogP contribution in [0.5, 0.6) is 0 Å². The second kappa shape index (κ2) is 5.02. The minimum absolute atomic E-state index is 1.04. The lowest BCUT2D eigenvalue weighted by atomic mass is 10.2. The third-order valence-electron chi connectivity index (χ3n) is 2.44. The number of aromatic nitrogens is 2. The maximum Gasteiger partial charge on any atom is 0.115 e. The van der Waals surface area contributed by atoms with E-state index in [4.69, 9.17) is 0 Å². The fourth-order valence-corrected chi connectivity index (χ4v) is 1.69. The molecule has 0 radical (unpaired) electrons. The first-order valence-electron chi connectivity index (χ1n) is 5.18. The van der Waals surface area contributed by atoms with E-state index in [1.165, 1.54) is 13.0 Å². The van der Waals surface area contributed by atoms with Crippen LogP contribution < -0.4 is 5.43 Å². The average Bonchev–Trinajstić information content (AvgIpc) is 2.72. The molecule has 1 fully saturated rings. The summed E-state index contributed by atoms with van der Waals surface area (Å²) in [4.78, 5) is 8.09. The maximum atomic E-state index is 4.19. The van der Waals surface area contributed by atoms with Gasteiger partial charge in [0.2, 0.25) is 0 Å². The SMILES string of the molecule is c1cc(CCCN2CCCN2)ncn1. The third kappa shape index (κ3) is 2.75. The van der Waals surface area contributed by atoms with Gasteiger partial charge in [0, 0.05) is 31.5 Å². The Morgan fingerprint density at radius 1 is 1.50 bits per heavy atom. The lowest BCUT2D eigenvalue weighted by Gasteiger charge is -2.14. The number of rotatable bonds is 4. The molecule has 14 heavy (non-hydrogen) atoms. The molecule has 0 saturated carbocycles. The van der Waals surface area contributed by atoms with Crippen LogP contribution in [-0.2, 0) is 6.42 Å². The van der Waals surface area contributed by atoms with Crippen molar-refractivity contribution in [2.24, 2.45) is 0 Å². The Morgan fingerprint density at radius 3 is 3.21 bits per heavy atom. The van der Waals surface area contributed by atoms with Crippen molar-refractivity contribution in [1.29, 1.82) is 0 Å². The minimum Gasteiger partial charge on any atom is -0.255 e. The summed E-state index contributed by atoms with van der Waals surface area (Å²) in [5, 5.41) is 2.29. The van der Waals surface area contributed by atoms with Crippen LogP contribution in [0.25, 0.3) is 0 Å². The zero-order chi connectivity index (χ0) is 9.64. The Hall–Kier alpha value is -1.00. The number of nitrogens with one attached hydrogen (secondary N) is 1. The quantitative estimate of drug-likeness (QED) is 0.759. The Bertz CT molecular complexity index is 256. The second-order valence-electron chi connectivity index (χ2n) is 3.55. The summed E-state index contributed by atoms with van der Waals surface area (Å²) in [6, 6.07) is 1.98. The van der Waals surface area contributed by atoms with E-state index in [1.54, 1.807) is 12.5 Å². The Kier molecular flexibility index (Phi) is 3.43. The van der Waals surface area contributed by atoms with Crippen molar-refractivity contribution >= 4 is 0 Å². The highest BCUT2D eigenvalue weighted by atomic mass is 15.5. The largest absolute Gasteiger partial charge is 0.255 e. The third-order valence-corrected chi connectivity index (χ3v) is 2.44. The molecule has 1 aliphatic rings. The molecule has 0 spiro atoms. The normalized spacial score (nSPS) is 17.4. The van der Waals surface area contributed by atoms with E-state index >= 15 is 0 Å². The summed E-state index contributed by atoms with van der Waals surface area (Å²) in [6.45, 7) is 3.43. The van der Waals surface area contributed by atoms with E-state index in [0.29, 0.717) is 0 Å². The van der Waals surface area contributed by atoms with Crippen LogP contribution in [0.2, 0.25) is 0 Å². The van der Waals surface area contributed by atoms with E-state index in [1.807, 2.05) is 6.07 Å². The molecule has 76 valence electrons. The standard InChI is InChI=1S/C10H16N4/c1(7-14-8-2-5-13-14)3-10-4-6-11-9-12-10/h4,6,9,13H,1-3,5,7-8H2. The molecule has 4 heteroatoms. The maximum absolute atomic E-state index is 4.19. The molecule has 0 atom stereocenters. The van der Waals surface area contributed by atoms with Gasteiger partial charge >= 0.3 is 0 Å². The van der Waals surface area contributed by atoms with Gasteiger partial charge in [-0.1, -0.05) is 0 Å². The number of aryl methyl sites for hydroxylation is 1. The van der Waals surface area contributed by atoms with Gasteiger partial charge in [0.25, 0.3) is 0 Å². The molecule has 1 aromatic rings. The zero-order valence-corrected chi connectivity index (χ0v) is 8.32. The molecule has 0 unspecified atom stereocenters. The first-order chi connectivity index (χ1) is 6.95. The van der Waals surface area contributed by atoms with Gasteiger partial charge in [-0.3, -0.25) is 5.43 Å². The van der Waals surface area contributed by atoms with Gasteiger partial charge in [0.05, 0.1) is 0 Å². The Labute approximate surface area is 84.3 Å². The lowest BCUT2D eigenvalue weighted by Crippen LogP contribution is -2.31. The van der Waals surface area contributed by atoms with Crippen LogP contribution in [0.4, 0.5) is 0 Å². The molecule has 0 amide bonds. The van der Waals surface area contributed by atoms with Gasteiger partial charge < -0.3 is 0 Å². The zero-order valence-electron chi connectivity index (χ0n) is 8.32. The van der Waals surface area contributed by atoms with Crippen LogP contribution >= 0.6 is 0 Å². The number of hydrogen-bond donors (Lipinski definition) is 1.